The standard InChI is InChI=1S/C61H109N2O6P/c1-6-8-10-12-14-16-18-20-22-24-26-28-29-30-31-32-33-35-37-39-41-43-45-47-49-51-53-55-61(65)62-59(58-69-70(66,67)68-57-56-63(3,4)5)60(64)54-52-50-48-46-44-42-40-38-36-34-27-25-23-21-19-17-15-13-11-9-7-2/h8,10,14,16,20,22,26,28,30-31,33,35,44,46,52,54,59-60,64H,6-7,9,11-13,15,17-19,21,23-25,27,29,32,34,36-43,45,47-51,53,55-58H2,1-5H3,(H-,62,65,66,67)/p+1/b10-8-,16-14-,22-20-,28-26-,31-30-,35-33-,46-44+,54-52+. The third-order valence-corrected chi connectivity index (χ3v) is 13.3. The molecule has 3 unspecified atom stereocenters. The minimum atomic E-state index is -4.36. The van der Waals surface area contributed by atoms with Crippen molar-refractivity contribution in [2.75, 3.05) is 40.9 Å². The van der Waals surface area contributed by atoms with E-state index < -0.39 is 20.0 Å². The molecule has 0 aromatic heterocycles. The molecule has 404 valence electrons. The minimum absolute atomic E-state index is 0.0496. The number of nitrogens with one attached hydrogen (secondary N) is 1. The van der Waals surface area contributed by atoms with Gasteiger partial charge in [-0.15, -0.1) is 0 Å². The van der Waals surface area contributed by atoms with Crippen LogP contribution in [0, 0.1) is 0 Å². The molecule has 0 aromatic rings. The highest BCUT2D eigenvalue weighted by Crippen LogP contribution is 2.43. The minimum Gasteiger partial charge on any atom is -0.387 e. The lowest BCUT2D eigenvalue weighted by atomic mass is 10.0. The van der Waals surface area contributed by atoms with Gasteiger partial charge < -0.3 is 19.8 Å². The fraction of sp³-hybridized carbons (Fsp3) is 0.721. The van der Waals surface area contributed by atoms with Gasteiger partial charge in [-0.25, -0.2) is 4.57 Å². The van der Waals surface area contributed by atoms with Crippen LogP contribution in [0.4, 0.5) is 0 Å². The van der Waals surface area contributed by atoms with Crippen molar-refractivity contribution in [3.8, 4) is 0 Å². The number of carbonyl (C=O) groups excluding carboxylic acids is 1. The van der Waals surface area contributed by atoms with E-state index in [1.807, 2.05) is 27.2 Å². The smallest absolute Gasteiger partial charge is 0.387 e. The molecule has 0 aromatic carbocycles. The summed E-state index contributed by atoms with van der Waals surface area (Å²) in [6.45, 7) is 4.68. The third-order valence-electron chi connectivity index (χ3n) is 12.3. The van der Waals surface area contributed by atoms with Crippen LogP contribution in [0.2, 0.25) is 0 Å². The molecule has 8 nitrogen and oxygen atoms in total. The van der Waals surface area contributed by atoms with E-state index in [4.69, 9.17) is 9.05 Å². The lowest BCUT2D eigenvalue weighted by molar-refractivity contribution is -0.870. The van der Waals surface area contributed by atoms with E-state index in [1.54, 1.807) is 6.08 Å². The number of hydrogen-bond acceptors (Lipinski definition) is 5. The van der Waals surface area contributed by atoms with Gasteiger partial charge in [0.05, 0.1) is 39.9 Å². The van der Waals surface area contributed by atoms with Crippen molar-refractivity contribution < 1.29 is 32.9 Å². The molecule has 0 aliphatic heterocycles. The summed E-state index contributed by atoms with van der Waals surface area (Å²) in [6.07, 6.45) is 73.6. The van der Waals surface area contributed by atoms with Crippen molar-refractivity contribution in [2.24, 2.45) is 0 Å². The van der Waals surface area contributed by atoms with Crippen molar-refractivity contribution >= 4 is 13.7 Å². The largest absolute Gasteiger partial charge is 0.472 e. The van der Waals surface area contributed by atoms with E-state index >= 15 is 0 Å². The van der Waals surface area contributed by atoms with E-state index in [-0.39, 0.29) is 19.1 Å². The van der Waals surface area contributed by atoms with Crippen LogP contribution >= 0.6 is 7.82 Å². The zero-order chi connectivity index (χ0) is 51.3. The number of amides is 1. The molecule has 0 saturated heterocycles. The van der Waals surface area contributed by atoms with Crippen molar-refractivity contribution in [2.45, 2.75) is 244 Å². The Morgan fingerprint density at radius 1 is 0.500 bits per heavy atom. The number of unbranched alkanes of at least 4 members (excludes halogenated alkanes) is 24. The van der Waals surface area contributed by atoms with E-state index in [0.29, 0.717) is 17.4 Å². The second-order valence-electron chi connectivity index (χ2n) is 20.3. The molecule has 0 saturated carbocycles. The molecule has 9 heteroatoms. The monoisotopic (exact) mass is 998 g/mol. The summed E-state index contributed by atoms with van der Waals surface area (Å²) >= 11 is 0. The number of allylic oxidation sites excluding steroid dienone is 15. The van der Waals surface area contributed by atoms with E-state index in [9.17, 15) is 19.4 Å². The molecule has 3 N–H and O–H groups in total. The normalized spacial score (nSPS) is 14.7. The van der Waals surface area contributed by atoms with Gasteiger partial charge in [0.2, 0.25) is 5.91 Å². The Labute approximate surface area is 432 Å². The predicted octanol–water partition coefficient (Wildman–Crippen LogP) is 17.4. The summed E-state index contributed by atoms with van der Waals surface area (Å²) in [6, 6.07) is -0.875. The first-order valence-corrected chi connectivity index (χ1v) is 30.1. The van der Waals surface area contributed by atoms with Gasteiger partial charge in [0.1, 0.15) is 13.2 Å². The lowest BCUT2D eigenvalue weighted by Gasteiger charge is -2.25. The molecule has 0 bridgehead atoms. The zero-order valence-corrected chi connectivity index (χ0v) is 46.9. The first-order valence-electron chi connectivity index (χ1n) is 28.6. The Morgan fingerprint density at radius 2 is 0.871 bits per heavy atom. The molecule has 0 fully saturated rings. The zero-order valence-electron chi connectivity index (χ0n) is 46.0. The Bertz CT molecular complexity index is 1460. The fourth-order valence-electron chi connectivity index (χ4n) is 7.83. The number of carbonyl (C=O) groups is 1. The van der Waals surface area contributed by atoms with Gasteiger partial charge in [-0.05, 0) is 83.5 Å². The van der Waals surface area contributed by atoms with Crippen molar-refractivity contribution in [1.29, 1.82) is 0 Å². The second kappa shape index (κ2) is 51.3. The van der Waals surface area contributed by atoms with Crippen LogP contribution in [0.1, 0.15) is 232 Å². The summed E-state index contributed by atoms with van der Waals surface area (Å²) in [5, 5.41) is 13.9. The fourth-order valence-corrected chi connectivity index (χ4v) is 8.56. The van der Waals surface area contributed by atoms with Crippen LogP contribution in [-0.2, 0) is 18.4 Å². The highest BCUT2D eigenvalue weighted by atomic mass is 31.2. The molecule has 0 aliphatic carbocycles. The maximum absolute atomic E-state index is 13.0. The molecule has 3 atom stereocenters. The van der Waals surface area contributed by atoms with Crippen LogP contribution in [0.25, 0.3) is 0 Å². The van der Waals surface area contributed by atoms with Crippen molar-refractivity contribution in [1.82, 2.24) is 5.32 Å². The van der Waals surface area contributed by atoms with Gasteiger partial charge in [0.15, 0.2) is 0 Å². The molecule has 0 spiro atoms. The van der Waals surface area contributed by atoms with Crippen LogP contribution in [-0.4, -0.2) is 73.4 Å². The average Bonchev–Trinajstić information content (AvgIpc) is 3.32. The third kappa shape index (κ3) is 53.2. The summed E-state index contributed by atoms with van der Waals surface area (Å²) in [4.78, 5) is 23.3. The summed E-state index contributed by atoms with van der Waals surface area (Å²) in [7, 11) is 1.54. The number of rotatable bonds is 51. The number of quaternary nitrogens is 1. The lowest BCUT2D eigenvalue weighted by Crippen LogP contribution is -2.45. The average molecular weight is 999 g/mol. The van der Waals surface area contributed by atoms with E-state index in [1.165, 1.54) is 122 Å². The predicted molar refractivity (Wildman–Crippen MR) is 304 cm³/mol. The molecule has 70 heavy (non-hydrogen) atoms. The summed E-state index contributed by atoms with van der Waals surface area (Å²) in [5.74, 6) is -0.198. The van der Waals surface area contributed by atoms with Gasteiger partial charge in [-0.3, -0.25) is 13.8 Å². The van der Waals surface area contributed by atoms with E-state index in [2.05, 4.69) is 104 Å². The maximum atomic E-state index is 13.0. The SMILES string of the molecule is CC/C=C\C/C=C\C/C=C\C/C=C\C/C=C\C/C=C\CCCCCCCCCCC(=O)NC(COP(=O)(O)OCC[N+](C)(C)C)C(O)/C=C/CC/C=C/CCCCCCCCCCCCCCCCC. The Morgan fingerprint density at radius 3 is 1.31 bits per heavy atom. The van der Waals surface area contributed by atoms with Crippen LogP contribution in [0.5, 0.6) is 0 Å². The van der Waals surface area contributed by atoms with Crippen molar-refractivity contribution in [3.63, 3.8) is 0 Å². The maximum Gasteiger partial charge on any atom is 0.472 e. The quantitative estimate of drug-likeness (QED) is 0.0243. The Hall–Kier alpha value is -2.58. The van der Waals surface area contributed by atoms with Gasteiger partial charge in [-0.1, -0.05) is 239 Å². The number of hydrogen-bond donors (Lipinski definition) is 3. The Kier molecular flexibility index (Phi) is 49.4. The highest BCUT2D eigenvalue weighted by Gasteiger charge is 2.27. The summed E-state index contributed by atoms with van der Waals surface area (Å²) < 4.78 is 23.7. The van der Waals surface area contributed by atoms with Crippen LogP contribution < -0.4 is 5.32 Å². The molecular formula is C61H110N2O6P+. The topological polar surface area (TPSA) is 105 Å². The van der Waals surface area contributed by atoms with Crippen molar-refractivity contribution in [3.05, 3.63) is 97.2 Å². The molecule has 0 heterocycles. The Balaban J connectivity index is 4.31. The molecule has 0 rings (SSSR count). The van der Waals surface area contributed by atoms with Gasteiger partial charge in [-0.2, -0.15) is 0 Å². The first-order chi connectivity index (χ1) is 34.0. The molecule has 1 amide bonds. The molecular weight excluding hydrogens is 888 g/mol. The number of phosphoric acid groups is 1. The molecule has 0 aliphatic rings. The van der Waals surface area contributed by atoms with Gasteiger partial charge >= 0.3 is 7.82 Å². The van der Waals surface area contributed by atoms with Gasteiger partial charge in [0.25, 0.3) is 0 Å². The number of likely N-dealkylation sites (N-methyl/N-ethyl adjacent to an activating group) is 1. The first kappa shape index (κ1) is 67.4. The summed E-state index contributed by atoms with van der Waals surface area (Å²) in [5.41, 5.74) is 0. The number of phosphoric ester groups is 1. The van der Waals surface area contributed by atoms with Gasteiger partial charge in [0, 0.05) is 6.42 Å². The molecule has 0 radical (unpaired) electrons. The second-order valence-corrected chi connectivity index (χ2v) is 21.7. The number of aliphatic hydroxyl groups excluding tert-OH is 1. The van der Waals surface area contributed by atoms with Crippen LogP contribution in [0.3, 0.4) is 0 Å². The highest BCUT2D eigenvalue weighted by molar-refractivity contribution is 7.47. The van der Waals surface area contributed by atoms with Crippen LogP contribution in [0.15, 0.2) is 97.2 Å². The number of nitrogens with zero attached hydrogens (tertiary/aromatic N) is 1. The van der Waals surface area contributed by atoms with E-state index in [0.717, 1.165) is 89.9 Å². The number of aliphatic hydroxyl groups is 1.